The molecule has 0 radical (unpaired) electrons. The normalized spacial score (nSPS) is 19.5. The van der Waals surface area contributed by atoms with Crippen molar-refractivity contribution in [2.24, 2.45) is 0 Å². The van der Waals surface area contributed by atoms with Gasteiger partial charge in [0.25, 0.3) is 0 Å². The first kappa shape index (κ1) is 18.9. The van der Waals surface area contributed by atoms with Crippen molar-refractivity contribution in [1.82, 2.24) is 19.8 Å². The summed E-state index contributed by atoms with van der Waals surface area (Å²) in [5, 5.41) is 9.25. The van der Waals surface area contributed by atoms with Crippen LogP contribution in [0.2, 0.25) is 0 Å². The predicted octanol–water partition coefficient (Wildman–Crippen LogP) is 2.18. The Hall–Kier alpha value is -2.49. The summed E-state index contributed by atoms with van der Waals surface area (Å²) in [5.74, 6) is 0.736. The average molecular weight is 377 g/mol. The van der Waals surface area contributed by atoms with Crippen LogP contribution in [0.4, 0.5) is 5.82 Å². The highest BCUT2D eigenvalue weighted by Gasteiger charge is 2.28. The van der Waals surface area contributed by atoms with Crippen LogP contribution in [0.1, 0.15) is 24.1 Å². The van der Waals surface area contributed by atoms with Gasteiger partial charge in [-0.25, -0.2) is 9.97 Å². The molecule has 2 fully saturated rings. The van der Waals surface area contributed by atoms with Gasteiger partial charge in [0.1, 0.15) is 6.07 Å². The molecular weight excluding hydrogens is 348 g/mol. The molecule has 0 bridgehead atoms. The summed E-state index contributed by atoms with van der Waals surface area (Å²) in [6.45, 7) is 7.46. The fourth-order valence-electron chi connectivity index (χ4n) is 4.38. The maximum Gasteiger partial charge on any atom is 0.183 e. The smallest absolute Gasteiger partial charge is 0.183 e. The van der Waals surface area contributed by atoms with Crippen molar-refractivity contribution in [2.75, 3.05) is 50.7 Å². The second-order valence-corrected chi connectivity index (χ2v) is 7.67. The Morgan fingerprint density at radius 1 is 0.929 bits per heavy atom. The zero-order valence-electron chi connectivity index (χ0n) is 16.4. The third-order valence-corrected chi connectivity index (χ3v) is 6.03. The molecule has 0 unspecified atom stereocenters. The highest BCUT2D eigenvalue weighted by atomic mass is 15.3. The van der Waals surface area contributed by atoms with Gasteiger partial charge in [0.15, 0.2) is 11.5 Å². The Bertz CT molecular complexity index is 786. The molecule has 146 valence electrons. The van der Waals surface area contributed by atoms with Gasteiger partial charge in [0.05, 0.1) is 0 Å². The van der Waals surface area contributed by atoms with E-state index < -0.39 is 0 Å². The lowest BCUT2D eigenvalue weighted by Gasteiger charge is -2.43. The molecule has 6 nitrogen and oxygen atoms in total. The summed E-state index contributed by atoms with van der Waals surface area (Å²) in [6, 6.07) is 13.6. The van der Waals surface area contributed by atoms with E-state index in [4.69, 9.17) is 0 Å². The van der Waals surface area contributed by atoms with Crippen molar-refractivity contribution in [1.29, 1.82) is 5.26 Å². The van der Waals surface area contributed by atoms with Gasteiger partial charge in [0, 0.05) is 51.2 Å². The van der Waals surface area contributed by atoms with E-state index in [9.17, 15) is 5.26 Å². The summed E-state index contributed by atoms with van der Waals surface area (Å²) < 4.78 is 0. The number of rotatable bonds is 5. The van der Waals surface area contributed by atoms with E-state index in [1.165, 1.54) is 31.5 Å². The SMILES string of the molecule is N#Cc1nccnc1N1CCN(C2CCN(CCc3ccccc3)CC2)CC1. The minimum atomic E-state index is 0.433. The number of nitriles is 1. The molecule has 6 heteroatoms. The Morgan fingerprint density at radius 2 is 1.64 bits per heavy atom. The zero-order valence-corrected chi connectivity index (χ0v) is 16.4. The van der Waals surface area contributed by atoms with E-state index in [-0.39, 0.29) is 0 Å². The van der Waals surface area contributed by atoms with Gasteiger partial charge in [-0.3, -0.25) is 4.90 Å². The van der Waals surface area contributed by atoms with Crippen molar-refractivity contribution in [3.63, 3.8) is 0 Å². The zero-order chi connectivity index (χ0) is 19.2. The van der Waals surface area contributed by atoms with E-state index in [0.29, 0.717) is 11.7 Å². The van der Waals surface area contributed by atoms with Gasteiger partial charge in [-0.1, -0.05) is 30.3 Å². The topological polar surface area (TPSA) is 59.3 Å². The molecule has 0 saturated carbocycles. The number of aromatic nitrogens is 2. The molecule has 0 N–H and O–H groups in total. The van der Waals surface area contributed by atoms with Gasteiger partial charge in [-0.2, -0.15) is 5.26 Å². The lowest BCUT2D eigenvalue weighted by atomic mass is 10.0. The van der Waals surface area contributed by atoms with Crippen LogP contribution in [0.25, 0.3) is 0 Å². The molecular formula is C22H28N6. The molecule has 28 heavy (non-hydrogen) atoms. The molecule has 1 aromatic carbocycles. The number of piperidine rings is 1. The van der Waals surface area contributed by atoms with Crippen molar-refractivity contribution >= 4 is 5.82 Å². The Kier molecular flexibility index (Phi) is 6.15. The van der Waals surface area contributed by atoms with Crippen LogP contribution >= 0.6 is 0 Å². The standard InChI is InChI=1S/C22H28N6/c23-18-21-22(25-10-9-24-21)28-16-14-27(15-17-28)20-7-12-26(13-8-20)11-6-19-4-2-1-3-5-19/h1-5,9-10,20H,6-8,11-17H2. The highest BCUT2D eigenvalue weighted by Crippen LogP contribution is 2.21. The van der Waals surface area contributed by atoms with E-state index >= 15 is 0 Å². The van der Waals surface area contributed by atoms with Gasteiger partial charge < -0.3 is 9.80 Å². The molecule has 3 heterocycles. The molecule has 2 aromatic rings. The number of nitrogens with zero attached hydrogens (tertiary/aromatic N) is 6. The molecule has 2 aliphatic heterocycles. The van der Waals surface area contributed by atoms with Crippen molar-refractivity contribution < 1.29 is 0 Å². The van der Waals surface area contributed by atoms with Crippen LogP contribution in [0.15, 0.2) is 42.7 Å². The Labute approximate surface area is 167 Å². The second kappa shape index (κ2) is 9.13. The van der Waals surface area contributed by atoms with E-state index in [1.807, 2.05) is 0 Å². The average Bonchev–Trinajstić information content (AvgIpc) is 2.79. The summed E-state index contributed by atoms with van der Waals surface area (Å²) in [6.07, 6.45) is 6.91. The quantitative estimate of drug-likeness (QED) is 0.797. The number of hydrogen-bond acceptors (Lipinski definition) is 6. The van der Waals surface area contributed by atoms with Crippen molar-refractivity contribution in [2.45, 2.75) is 25.3 Å². The van der Waals surface area contributed by atoms with Crippen LogP contribution in [0, 0.1) is 11.3 Å². The third-order valence-electron chi connectivity index (χ3n) is 6.03. The van der Waals surface area contributed by atoms with E-state index in [0.717, 1.165) is 45.0 Å². The molecule has 4 rings (SSSR count). The molecule has 0 atom stereocenters. The van der Waals surface area contributed by atoms with Gasteiger partial charge in [0.2, 0.25) is 0 Å². The molecule has 1 aromatic heterocycles. The maximum absolute atomic E-state index is 9.25. The molecule has 2 aliphatic rings. The fraction of sp³-hybridized carbons (Fsp3) is 0.500. The lowest BCUT2D eigenvalue weighted by Crippen LogP contribution is -2.53. The number of hydrogen-bond donors (Lipinski definition) is 0. The van der Waals surface area contributed by atoms with E-state index in [1.54, 1.807) is 12.4 Å². The van der Waals surface area contributed by atoms with Crippen molar-refractivity contribution in [3.05, 3.63) is 54.0 Å². The van der Waals surface area contributed by atoms with Crippen LogP contribution in [-0.2, 0) is 6.42 Å². The fourth-order valence-corrected chi connectivity index (χ4v) is 4.38. The van der Waals surface area contributed by atoms with Gasteiger partial charge in [-0.05, 0) is 37.9 Å². The minimum Gasteiger partial charge on any atom is -0.352 e. The summed E-state index contributed by atoms with van der Waals surface area (Å²) >= 11 is 0. The van der Waals surface area contributed by atoms with Gasteiger partial charge in [-0.15, -0.1) is 0 Å². The monoisotopic (exact) mass is 376 g/mol. The van der Waals surface area contributed by atoms with Crippen molar-refractivity contribution in [3.8, 4) is 6.07 Å². The van der Waals surface area contributed by atoms with Crippen LogP contribution in [0.5, 0.6) is 0 Å². The Morgan fingerprint density at radius 3 is 2.36 bits per heavy atom. The number of likely N-dealkylation sites (tertiary alicyclic amines) is 1. The second-order valence-electron chi connectivity index (χ2n) is 7.67. The first-order valence-electron chi connectivity index (χ1n) is 10.3. The van der Waals surface area contributed by atoms with Crippen LogP contribution in [0.3, 0.4) is 0 Å². The molecule has 2 saturated heterocycles. The largest absolute Gasteiger partial charge is 0.352 e. The third kappa shape index (κ3) is 4.49. The number of piperazine rings is 1. The highest BCUT2D eigenvalue weighted by molar-refractivity contribution is 5.49. The lowest BCUT2D eigenvalue weighted by molar-refractivity contribution is 0.104. The molecule has 0 aliphatic carbocycles. The summed E-state index contributed by atoms with van der Waals surface area (Å²) in [4.78, 5) is 16.0. The van der Waals surface area contributed by atoms with E-state index in [2.05, 4.69) is 61.1 Å². The Balaban J connectivity index is 1.22. The first-order valence-corrected chi connectivity index (χ1v) is 10.3. The van der Waals surface area contributed by atoms with Gasteiger partial charge >= 0.3 is 0 Å². The first-order chi connectivity index (χ1) is 13.8. The van der Waals surface area contributed by atoms with Crippen LogP contribution < -0.4 is 4.90 Å². The van der Waals surface area contributed by atoms with Crippen LogP contribution in [-0.4, -0.2) is 71.6 Å². The molecule has 0 amide bonds. The predicted molar refractivity (Wildman–Crippen MR) is 110 cm³/mol. The maximum atomic E-state index is 9.25. The minimum absolute atomic E-state index is 0.433. The summed E-state index contributed by atoms with van der Waals surface area (Å²) in [7, 11) is 0. The summed E-state index contributed by atoms with van der Waals surface area (Å²) in [5.41, 5.74) is 1.86. The number of benzene rings is 1. The number of anilines is 1. The molecule has 0 spiro atoms.